The summed E-state index contributed by atoms with van der Waals surface area (Å²) in [5.74, 6) is 0.273. The molecular formula is C23H26F3N7OS. The van der Waals surface area contributed by atoms with E-state index in [4.69, 9.17) is 4.74 Å². The van der Waals surface area contributed by atoms with E-state index in [1.807, 2.05) is 15.3 Å². The van der Waals surface area contributed by atoms with Crippen LogP contribution in [0.15, 0.2) is 11.6 Å². The smallest absolute Gasteiger partial charge is 0.367 e. The molecule has 8 nitrogen and oxygen atoms in total. The summed E-state index contributed by atoms with van der Waals surface area (Å²) in [7, 11) is 0. The third-order valence-corrected chi connectivity index (χ3v) is 8.73. The summed E-state index contributed by atoms with van der Waals surface area (Å²) in [4.78, 5) is 15.6. The summed E-state index contributed by atoms with van der Waals surface area (Å²) < 4.78 is 48.1. The number of anilines is 2. The molecule has 2 aromatic heterocycles. The van der Waals surface area contributed by atoms with E-state index < -0.39 is 17.5 Å². The van der Waals surface area contributed by atoms with Gasteiger partial charge in [0.25, 0.3) is 0 Å². The van der Waals surface area contributed by atoms with Gasteiger partial charge in [-0.15, -0.1) is 11.3 Å². The van der Waals surface area contributed by atoms with E-state index >= 15 is 0 Å². The summed E-state index contributed by atoms with van der Waals surface area (Å²) in [5, 5.41) is 13.0. The monoisotopic (exact) mass is 505 g/mol. The molecule has 1 spiro atoms. The van der Waals surface area contributed by atoms with Crippen molar-refractivity contribution in [3.63, 3.8) is 0 Å². The highest BCUT2D eigenvalue weighted by Crippen LogP contribution is 2.47. The molecule has 0 radical (unpaired) electrons. The number of hydrogen-bond acceptors (Lipinski definition) is 9. The van der Waals surface area contributed by atoms with Crippen molar-refractivity contribution in [2.75, 3.05) is 62.2 Å². The zero-order chi connectivity index (χ0) is 24.2. The number of nitrogens with zero attached hydrogens (tertiary/aromatic N) is 6. The third-order valence-electron chi connectivity index (χ3n) is 7.67. The number of ether oxygens (including phenoxy) is 1. The SMILES string of the molecule is N#Cc1c(N2CC(N3CCNCC3)C2)cc(N2CCC3(CC2)OCc2ncsc23)nc1C(F)(F)F. The number of piperazine rings is 1. The number of nitrogens with one attached hydrogen (secondary N) is 1. The largest absolute Gasteiger partial charge is 0.434 e. The Hall–Kier alpha value is -2.46. The minimum absolute atomic E-state index is 0.273. The minimum atomic E-state index is -4.71. The van der Waals surface area contributed by atoms with Crippen molar-refractivity contribution in [1.29, 1.82) is 5.26 Å². The Morgan fingerprint density at radius 2 is 1.89 bits per heavy atom. The molecule has 2 aromatic rings. The number of alkyl halides is 3. The first-order chi connectivity index (χ1) is 16.9. The van der Waals surface area contributed by atoms with Gasteiger partial charge in [-0.3, -0.25) is 4.90 Å². The van der Waals surface area contributed by atoms with Gasteiger partial charge in [0.2, 0.25) is 0 Å². The Morgan fingerprint density at radius 3 is 2.57 bits per heavy atom. The van der Waals surface area contributed by atoms with Gasteiger partial charge in [0, 0.05) is 64.5 Å². The van der Waals surface area contributed by atoms with Gasteiger partial charge in [-0.2, -0.15) is 18.4 Å². The molecule has 3 saturated heterocycles. The zero-order valence-corrected chi connectivity index (χ0v) is 20.0. The number of aromatic nitrogens is 2. The van der Waals surface area contributed by atoms with Gasteiger partial charge in [-0.05, 0) is 12.8 Å². The number of thiazole rings is 1. The molecule has 186 valence electrons. The highest BCUT2D eigenvalue weighted by atomic mass is 32.1. The highest BCUT2D eigenvalue weighted by molar-refractivity contribution is 7.10. The summed E-state index contributed by atoms with van der Waals surface area (Å²) in [5.41, 5.74) is 1.24. The van der Waals surface area contributed by atoms with E-state index in [9.17, 15) is 18.4 Å². The molecule has 0 bridgehead atoms. The molecule has 6 rings (SSSR count). The standard InChI is InChI=1S/C23H26F3N7OS/c24-23(25,26)20-16(10-27)18(33-11-15(12-33)31-7-3-28-4-8-31)9-19(30-20)32-5-1-22(2-6-32)21-17(13-34-22)29-14-35-21/h9,14-15,28H,1-8,11-13H2. The summed E-state index contributed by atoms with van der Waals surface area (Å²) in [6, 6.07) is 3.76. The number of halogens is 3. The average Bonchev–Trinajstić information content (AvgIpc) is 3.43. The number of hydrogen-bond donors (Lipinski definition) is 1. The maximum absolute atomic E-state index is 14.0. The van der Waals surface area contributed by atoms with Gasteiger partial charge in [0.05, 0.1) is 28.4 Å². The van der Waals surface area contributed by atoms with E-state index in [0.717, 1.165) is 36.8 Å². The average molecular weight is 506 g/mol. The lowest BCUT2D eigenvalue weighted by Crippen LogP contribution is -2.63. The topological polar surface area (TPSA) is 80.6 Å². The van der Waals surface area contributed by atoms with Gasteiger partial charge in [0.15, 0.2) is 5.69 Å². The molecule has 0 amide bonds. The van der Waals surface area contributed by atoms with Gasteiger partial charge in [-0.1, -0.05) is 0 Å². The lowest BCUT2D eigenvalue weighted by atomic mass is 9.90. The van der Waals surface area contributed by atoms with Gasteiger partial charge >= 0.3 is 6.18 Å². The lowest BCUT2D eigenvalue weighted by molar-refractivity contribution is -0.141. The molecule has 4 aliphatic rings. The van der Waals surface area contributed by atoms with Crippen LogP contribution in [0.25, 0.3) is 0 Å². The Kier molecular flexibility index (Phi) is 5.63. The molecule has 35 heavy (non-hydrogen) atoms. The first-order valence-electron chi connectivity index (χ1n) is 11.9. The molecule has 0 atom stereocenters. The summed E-state index contributed by atoms with van der Waals surface area (Å²) in [6.07, 6.45) is -3.38. The highest BCUT2D eigenvalue weighted by Gasteiger charge is 2.46. The quantitative estimate of drug-likeness (QED) is 0.682. The number of pyridine rings is 1. The predicted molar refractivity (Wildman–Crippen MR) is 124 cm³/mol. The summed E-state index contributed by atoms with van der Waals surface area (Å²) in [6.45, 7) is 6.45. The van der Waals surface area contributed by atoms with Crippen LogP contribution in [0.2, 0.25) is 0 Å². The minimum Gasteiger partial charge on any atom is -0.367 e. The Labute approximate surface area is 205 Å². The van der Waals surface area contributed by atoms with Crippen molar-refractivity contribution >= 4 is 22.8 Å². The van der Waals surface area contributed by atoms with Gasteiger partial charge in [-0.25, -0.2) is 9.97 Å². The molecule has 12 heteroatoms. The van der Waals surface area contributed by atoms with Crippen LogP contribution in [0.5, 0.6) is 0 Å². The first-order valence-corrected chi connectivity index (χ1v) is 12.8. The van der Waals surface area contributed by atoms with Crippen molar-refractivity contribution in [2.45, 2.75) is 37.3 Å². The normalized spacial score (nSPS) is 22.8. The van der Waals surface area contributed by atoms with Crippen molar-refractivity contribution in [2.24, 2.45) is 0 Å². The van der Waals surface area contributed by atoms with Crippen LogP contribution in [0.1, 0.15) is 34.7 Å². The summed E-state index contributed by atoms with van der Waals surface area (Å²) >= 11 is 1.58. The second-order valence-electron chi connectivity index (χ2n) is 9.58. The molecule has 1 N–H and O–H groups in total. The van der Waals surface area contributed by atoms with Crippen LogP contribution < -0.4 is 15.1 Å². The third kappa shape index (κ3) is 3.94. The molecule has 3 fully saturated rings. The number of piperidine rings is 1. The van der Waals surface area contributed by atoms with Crippen LogP contribution in [-0.2, 0) is 23.1 Å². The molecule has 6 heterocycles. The van der Waals surface area contributed by atoms with E-state index in [1.165, 1.54) is 0 Å². The van der Waals surface area contributed by atoms with Crippen LogP contribution in [-0.4, -0.2) is 73.3 Å². The van der Waals surface area contributed by atoms with E-state index in [0.29, 0.717) is 51.3 Å². The van der Waals surface area contributed by atoms with Crippen molar-refractivity contribution in [3.8, 4) is 6.07 Å². The lowest BCUT2D eigenvalue weighted by Gasteiger charge is -2.48. The second kappa shape index (κ2) is 8.58. The fourth-order valence-electron chi connectivity index (χ4n) is 5.66. The van der Waals surface area contributed by atoms with E-state index in [-0.39, 0.29) is 17.4 Å². The Balaban J connectivity index is 1.26. The predicted octanol–water partition coefficient (Wildman–Crippen LogP) is 2.55. The number of nitriles is 1. The molecule has 0 aliphatic carbocycles. The maximum Gasteiger partial charge on any atom is 0.434 e. The van der Waals surface area contributed by atoms with Crippen molar-refractivity contribution in [1.82, 2.24) is 20.2 Å². The molecule has 4 aliphatic heterocycles. The Morgan fingerprint density at radius 1 is 1.14 bits per heavy atom. The van der Waals surface area contributed by atoms with Crippen molar-refractivity contribution < 1.29 is 17.9 Å². The number of rotatable bonds is 3. The van der Waals surface area contributed by atoms with E-state index in [2.05, 4.69) is 20.2 Å². The Bertz CT molecular complexity index is 1140. The van der Waals surface area contributed by atoms with Crippen LogP contribution >= 0.6 is 11.3 Å². The molecule has 0 unspecified atom stereocenters. The van der Waals surface area contributed by atoms with Crippen LogP contribution in [0.3, 0.4) is 0 Å². The molecule has 0 aromatic carbocycles. The first kappa shape index (κ1) is 23.0. The van der Waals surface area contributed by atoms with E-state index in [1.54, 1.807) is 23.5 Å². The van der Waals surface area contributed by atoms with Crippen molar-refractivity contribution in [3.05, 3.63) is 33.4 Å². The second-order valence-corrected chi connectivity index (χ2v) is 10.4. The molecular weight excluding hydrogens is 479 g/mol. The fraction of sp³-hybridized carbons (Fsp3) is 0.609. The van der Waals surface area contributed by atoms with Gasteiger partial charge < -0.3 is 19.9 Å². The molecule has 0 saturated carbocycles. The van der Waals surface area contributed by atoms with Crippen LogP contribution in [0, 0.1) is 11.3 Å². The van der Waals surface area contributed by atoms with Crippen LogP contribution in [0.4, 0.5) is 24.7 Å². The van der Waals surface area contributed by atoms with Gasteiger partial charge in [0.1, 0.15) is 23.1 Å². The zero-order valence-electron chi connectivity index (χ0n) is 19.1. The maximum atomic E-state index is 14.0. The number of fused-ring (bicyclic) bond motifs is 2. The fourth-order valence-corrected chi connectivity index (χ4v) is 6.67.